The standard InChI is InChI=1S/C15H18BF3N2O2/c1-13(2)14(3,4)23-16(22-13)10-6-7-11-9(8-21(5)20-11)12(10)15(17,18)19/h6-8H,1-5H3. The van der Waals surface area contributed by atoms with Crippen LogP contribution in [0, 0.1) is 0 Å². The third-order valence-electron chi connectivity index (χ3n) is 4.63. The molecule has 1 aliphatic heterocycles. The van der Waals surface area contributed by atoms with E-state index in [-0.39, 0.29) is 10.8 Å². The van der Waals surface area contributed by atoms with E-state index in [9.17, 15) is 13.2 Å². The van der Waals surface area contributed by atoms with Gasteiger partial charge in [-0.2, -0.15) is 18.3 Å². The molecule has 0 unspecified atom stereocenters. The Balaban J connectivity index is 2.19. The Labute approximate surface area is 132 Å². The Kier molecular flexibility index (Phi) is 3.36. The van der Waals surface area contributed by atoms with E-state index in [0.29, 0.717) is 5.52 Å². The lowest BCUT2D eigenvalue weighted by atomic mass is 9.75. The second-order valence-corrected chi connectivity index (χ2v) is 6.85. The molecule has 124 valence electrons. The highest BCUT2D eigenvalue weighted by atomic mass is 19.4. The number of hydrogen-bond acceptors (Lipinski definition) is 3. The molecule has 3 rings (SSSR count). The van der Waals surface area contributed by atoms with Crippen LogP contribution in [0.5, 0.6) is 0 Å². The smallest absolute Gasteiger partial charge is 0.399 e. The zero-order valence-corrected chi connectivity index (χ0v) is 13.7. The zero-order valence-electron chi connectivity index (χ0n) is 13.7. The first-order valence-corrected chi connectivity index (χ1v) is 7.31. The summed E-state index contributed by atoms with van der Waals surface area (Å²) in [5, 5.41) is 4.10. The van der Waals surface area contributed by atoms with Crippen LogP contribution in [-0.2, 0) is 22.5 Å². The number of rotatable bonds is 1. The van der Waals surface area contributed by atoms with E-state index in [1.54, 1.807) is 13.1 Å². The minimum absolute atomic E-state index is 0.0170. The van der Waals surface area contributed by atoms with Crippen molar-refractivity contribution in [3.05, 3.63) is 23.9 Å². The summed E-state index contributed by atoms with van der Waals surface area (Å²) in [5.74, 6) is 0. The monoisotopic (exact) mass is 326 g/mol. The van der Waals surface area contributed by atoms with Crippen LogP contribution in [0.1, 0.15) is 33.3 Å². The molecule has 2 aromatic rings. The Bertz CT molecular complexity index is 752. The van der Waals surface area contributed by atoms with Crippen LogP contribution < -0.4 is 5.46 Å². The number of fused-ring (bicyclic) bond motifs is 1. The first-order valence-electron chi connectivity index (χ1n) is 7.31. The molecule has 0 radical (unpaired) electrons. The van der Waals surface area contributed by atoms with Crippen LogP contribution in [0.2, 0.25) is 0 Å². The molecule has 0 spiro atoms. The summed E-state index contributed by atoms with van der Waals surface area (Å²) >= 11 is 0. The molecule has 0 atom stereocenters. The molecule has 1 aromatic carbocycles. The quantitative estimate of drug-likeness (QED) is 0.756. The molecule has 0 amide bonds. The fourth-order valence-electron chi connectivity index (χ4n) is 2.71. The zero-order chi connectivity index (χ0) is 17.2. The molecule has 1 aliphatic rings. The number of halogens is 3. The van der Waals surface area contributed by atoms with Gasteiger partial charge in [0.1, 0.15) is 0 Å². The highest BCUT2D eigenvalue weighted by Crippen LogP contribution is 2.39. The molecule has 1 fully saturated rings. The normalized spacial score (nSPS) is 20.4. The molecule has 0 bridgehead atoms. The molecular formula is C15H18BF3N2O2. The minimum atomic E-state index is -4.53. The molecule has 23 heavy (non-hydrogen) atoms. The van der Waals surface area contributed by atoms with Crippen LogP contribution in [-0.4, -0.2) is 28.1 Å². The van der Waals surface area contributed by atoms with E-state index in [0.717, 1.165) is 0 Å². The lowest BCUT2D eigenvalue weighted by Crippen LogP contribution is -2.41. The summed E-state index contributed by atoms with van der Waals surface area (Å²) in [6.07, 6.45) is -3.16. The lowest BCUT2D eigenvalue weighted by Gasteiger charge is -2.32. The molecule has 0 saturated carbocycles. The second kappa shape index (κ2) is 4.74. The number of aromatic nitrogens is 2. The minimum Gasteiger partial charge on any atom is -0.399 e. The highest BCUT2D eigenvalue weighted by Gasteiger charge is 2.54. The SMILES string of the molecule is Cn1cc2c(C(F)(F)F)c(B3OC(C)(C)C(C)(C)O3)ccc2n1. The maximum atomic E-state index is 13.7. The molecule has 0 N–H and O–H groups in total. The van der Waals surface area contributed by atoms with Crippen molar-refractivity contribution in [1.82, 2.24) is 9.78 Å². The molecule has 4 nitrogen and oxygen atoms in total. The first kappa shape index (κ1) is 16.3. The van der Waals surface area contributed by atoms with Crippen molar-refractivity contribution in [3.8, 4) is 0 Å². The largest absolute Gasteiger partial charge is 0.495 e. The summed E-state index contributed by atoms with van der Waals surface area (Å²) in [7, 11) is 0.524. The summed E-state index contributed by atoms with van der Waals surface area (Å²) in [6, 6.07) is 2.95. The highest BCUT2D eigenvalue weighted by molar-refractivity contribution is 6.63. The van der Waals surface area contributed by atoms with Gasteiger partial charge in [0.15, 0.2) is 0 Å². The second-order valence-electron chi connectivity index (χ2n) is 6.85. The van der Waals surface area contributed by atoms with Crippen LogP contribution in [0.4, 0.5) is 13.2 Å². The molecule has 1 aromatic heterocycles. The number of aryl methyl sites for hydroxylation is 1. The average Bonchev–Trinajstić information content (AvgIpc) is 2.83. The third-order valence-corrected chi connectivity index (χ3v) is 4.63. The van der Waals surface area contributed by atoms with Gasteiger partial charge in [0.05, 0.1) is 22.3 Å². The van der Waals surface area contributed by atoms with Crippen molar-refractivity contribution in [2.24, 2.45) is 7.05 Å². The van der Waals surface area contributed by atoms with Gasteiger partial charge in [-0.3, -0.25) is 4.68 Å². The van der Waals surface area contributed by atoms with Crippen molar-refractivity contribution < 1.29 is 22.5 Å². The van der Waals surface area contributed by atoms with Crippen molar-refractivity contribution in [3.63, 3.8) is 0 Å². The van der Waals surface area contributed by atoms with Gasteiger partial charge in [-0.1, -0.05) is 6.07 Å². The predicted molar refractivity (Wildman–Crippen MR) is 81.4 cm³/mol. The molecule has 2 heterocycles. The van der Waals surface area contributed by atoms with Crippen molar-refractivity contribution in [2.45, 2.75) is 45.1 Å². The fraction of sp³-hybridized carbons (Fsp3) is 0.533. The van der Waals surface area contributed by atoms with Crippen molar-refractivity contribution in [2.75, 3.05) is 0 Å². The van der Waals surface area contributed by atoms with Crippen LogP contribution in [0.3, 0.4) is 0 Å². The van der Waals surface area contributed by atoms with E-state index in [2.05, 4.69) is 5.10 Å². The van der Waals surface area contributed by atoms with E-state index in [1.165, 1.54) is 16.9 Å². The Morgan fingerprint density at radius 2 is 1.65 bits per heavy atom. The van der Waals surface area contributed by atoms with Gasteiger partial charge in [-0.25, -0.2) is 0 Å². The summed E-state index contributed by atoms with van der Waals surface area (Å²) in [6.45, 7) is 7.23. The van der Waals surface area contributed by atoms with Crippen LogP contribution in [0.25, 0.3) is 10.9 Å². The van der Waals surface area contributed by atoms with Gasteiger partial charge in [-0.05, 0) is 39.2 Å². The van der Waals surface area contributed by atoms with E-state index in [4.69, 9.17) is 9.31 Å². The van der Waals surface area contributed by atoms with Gasteiger partial charge in [0.25, 0.3) is 0 Å². The average molecular weight is 326 g/mol. The molecular weight excluding hydrogens is 308 g/mol. The fourth-order valence-corrected chi connectivity index (χ4v) is 2.71. The van der Waals surface area contributed by atoms with Crippen LogP contribution in [0.15, 0.2) is 18.3 Å². The van der Waals surface area contributed by atoms with E-state index < -0.39 is 30.1 Å². The van der Waals surface area contributed by atoms with Crippen molar-refractivity contribution >= 4 is 23.5 Å². The first-order chi connectivity index (χ1) is 10.4. The maximum absolute atomic E-state index is 13.7. The molecule has 0 aliphatic carbocycles. The number of nitrogens with zero attached hydrogens (tertiary/aromatic N) is 2. The van der Waals surface area contributed by atoms with Gasteiger partial charge in [0.2, 0.25) is 0 Å². The maximum Gasteiger partial charge on any atom is 0.495 e. The summed E-state index contributed by atoms with van der Waals surface area (Å²) in [5.41, 5.74) is -1.88. The number of benzene rings is 1. The van der Waals surface area contributed by atoms with Gasteiger partial charge >= 0.3 is 13.3 Å². The van der Waals surface area contributed by atoms with Crippen molar-refractivity contribution in [1.29, 1.82) is 0 Å². The summed E-state index contributed by atoms with van der Waals surface area (Å²) in [4.78, 5) is 0. The number of hydrogen-bond donors (Lipinski definition) is 0. The molecule has 8 heteroatoms. The van der Waals surface area contributed by atoms with Gasteiger partial charge in [-0.15, -0.1) is 0 Å². The predicted octanol–water partition coefficient (Wildman–Crippen LogP) is 2.89. The Hall–Kier alpha value is -1.54. The third kappa shape index (κ3) is 2.53. The van der Waals surface area contributed by atoms with Gasteiger partial charge in [0, 0.05) is 18.6 Å². The number of alkyl halides is 3. The topological polar surface area (TPSA) is 36.3 Å². The molecule has 1 saturated heterocycles. The van der Waals surface area contributed by atoms with E-state index in [1.807, 2.05) is 27.7 Å². The Morgan fingerprint density at radius 3 is 2.17 bits per heavy atom. The van der Waals surface area contributed by atoms with E-state index >= 15 is 0 Å². The Morgan fingerprint density at radius 1 is 1.09 bits per heavy atom. The lowest BCUT2D eigenvalue weighted by molar-refractivity contribution is -0.135. The van der Waals surface area contributed by atoms with Gasteiger partial charge < -0.3 is 9.31 Å². The summed E-state index contributed by atoms with van der Waals surface area (Å²) < 4.78 is 54.0. The van der Waals surface area contributed by atoms with Crippen LogP contribution >= 0.6 is 0 Å².